The average molecular weight is 289 g/mol. The first kappa shape index (κ1) is 14.6. The number of halogens is 1. The molecule has 0 spiro atoms. The molecule has 0 aliphatic carbocycles. The monoisotopic (exact) mass is 288 g/mol. The van der Waals surface area contributed by atoms with Crippen molar-refractivity contribution in [2.45, 2.75) is 25.7 Å². The molecule has 2 aromatic carbocycles. The third-order valence-electron chi connectivity index (χ3n) is 3.48. The van der Waals surface area contributed by atoms with Crippen molar-refractivity contribution in [2.24, 2.45) is 0 Å². The Morgan fingerprint density at radius 2 is 1.80 bits per heavy atom. The number of rotatable bonds is 5. The topological polar surface area (TPSA) is 37.3 Å². The van der Waals surface area contributed by atoms with E-state index in [1.54, 1.807) is 0 Å². The second-order valence-corrected chi connectivity index (χ2v) is 5.21. The van der Waals surface area contributed by atoms with E-state index < -0.39 is 5.97 Å². The van der Waals surface area contributed by atoms with Gasteiger partial charge in [0, 0.05) is 10.6 Å². The van der Waals surface area contributed by atoms with Crippen LogP contribution in [0, 0.1) is 0 Å². The van der Waals surface area contributed by atoms with Gasteiger partial charge in [0.1, 0.15) is 0 Å². The quantitative estimate of drug-likeness (QED) is 0.843. The number of aliphatic carboxylic acids is 1. The molecule has 0 saturated carbocycles. The summed E-state index contributed by atoms with van der Waals surface area (Å²) in [6.45, 7) is 2.01. The zero-order chi connectivity index (χ0) is 14.5. The number of carbonyl (C=O) groups is 1. The Hall–Kier alpha value is -1.80. The van der Waals surface area contributed by atoms with E-state index in [2.05, 4.69) is 0 Å². The number of carboxylic acid groups (broad SMARTS) is 1. The van der Waals surface area contributed by atoms with Gasteiger partial charge in [-0.15, -0.1) is 0 Å². The summed E-state index contributed by atoms with van der Waals surface area (Å²) >= 11 is 6.18. The van der Waals surface area contributed by atoms with Crippen molar-refractivity contribution in [1.82, 2.24) is 0 Å². The van der Waals surface area contributed by atoms with Crippen molar-refractivity contribution in [3.05, 3.63) is 59.1 Å². The van der Waals surface area contributed by atoms with Gasteiger partial charge < -0.3 is 5.11 Å². The van der Waals surface area contributed by atoms with Crippen LogP contribution >= 0.6 is 11.6 Å². The van der Waals surface area contributed by atoms with Crippen molar-refractivity contribution in [3.63, 3.8) is 0 Å². The van der Waals surface area contributed by atoms with Crippen LogP contribution < -0.4 is 0 Å². The van der Waals surface area contributed by atoms with E-state index in [9.17, 15) is 4.79 Å². The molecule has 2 nitrogen and oxygen atoms in total. The van der Waals surface area contributed by atoms with E-state index in [4.69, 9.17) is 16.7 Å². The summed E-state index contributed by atoms with van der Waals surface area (Å²) in [5, 5.41) is 9.65. The lowest BCUT2D eigenvalue weighted by atomic mass is 9.92. The van der Waals surface area contributed by atoms with Crippen LogP contribution in [-0.2, 0) is 4.79 Å². The lowest BCUT2D eigenvalue weighted by Gasteiger charge is -2.13. The molecule has 20 heavy (non-hydrogen) atoms. The number of carboxylic acids is 1. The highest BCUT2D eigenvalue weighted by Gasteiger charge is 2.13. The Bertz CT molecular complexity index is 590. The smallest absolute Gasteiger partial charge is 0.303 e. The third-order valence-corrected chi connectivity index (χ3v) is 3.81. The maximum atomic E-state index is 10.9. The largest absolute Gasteiger partial charge is 0.481 e. The van der Waals surface area contributed by atoms with E-state index in [1.807, 2.05) is 55.5 Å². The molecular formula is C17H17ClO2. The van der Waals surface area contributed by atoms with Crippen LogP contribution in [0.1, 0.15) is 31.2 Å². The fourth-order valence-corrected chi connectivity index (χ4v) is 2.58. The maximum Gasteiger partial charge on any atom is 0.303 e. The maximum absolute atomic E-state index is 10.9. The van der Waals surface area contributed by atoms with E-state index in [-0.39, 0.29) is 12.3 Å². The van der Waals surface area contributed by atoms with Gasteiger partial charge in [0.25, 0.3) is 0 Å². The minimum Gasteiger partial charge on any atom is -0.481 e. The molecule has 0 fully saturated rings. The van der Waals surface area contributed by atoms with Gasteiger partial charge in [-0.25, -0.2) is 0 Å². The molecule has 2 aromatic rings. The second kappa shape index (κ2) is 6.58. The molecule has 0 amide bonds. The van der Waals surface area contributed by atoms with E-state index in [0.717, 1.165) is 28.1 Å². The summed E-state index contributed by atoms with van der Waals surface area (Å²) < 4.78 is 0. The molecule has 104 valence electrons. The second-order valence-electron chi connectivity index (χ2n) is 4.80. The molecule has 1 atom stereocenters. The molecule has 0 heterocycles. The molecule has 0 aliphatic heterocycles. The minimum atomic E-state index is -0.757. The van der Waals surface area contributed by atoms with Crippen molar-refractivity contribution in [3.8, 4) is 11.1 Å². The van der Waals surface area contributed by atoms with E-state index >= 15 is 0 Å². The van der Waals surface area contributed by atoms with Crippen molar-refractivity contribution >= 4 is 17.6 Å². The fraction of sp³-hybridized carbons (Fsp3) is 0.235. The average Bonchev–Trinajstić information content (AvgIpc) is 2.45. The SMILES string of the molecule is CCC(CC(=O)O)c1ccc(-c2ccccc2Cl)cc1. The van der Waals surface area contributed by atoms with Gasteiger partial charge in [-0.2, -0.15) is 0 Å². The Labute approximate surface area is 124 Å². The van der Waals surface area contributed by atoms with Crippen LogP contribution in [0.3, 0.4) is 0 Å². The lowest BCUT2D eigenvalue weighted by Crippen LogP contribution is -2.05. The van der Waals surface area contributed by atoms with Crippen LogP contribution in [0.15, 0.2) is 48.5 Å². The summed E-state index contributed by atoms with van der Waals surface area (Å²) in [7, 11) is 0. The Morgan fingerprint density at radius 1 is 1.15 bits per heavy atom. The first-order valence-corrected chi connectivity index (χ1v) is 7.06. The summed E-state index contributed by atoms with van der Waals surface area (Å²) in [6, 6.07) is 15.7. The van der Waals surface area contributed by atoms with Gasteiger partial charge in [-0.1, -0.05) is 61.0 Å². The first-order valence-electron chi connectivity index (χ1n) is 6.68. The highest BCUT2D eigenvalue weighted by Crippen LogP contribution is 2.30. The van der Waals surface area contributed by atoms with E-state index in [0.29, 0.717) is 0 Å². The standard InChI is InChI=1S/C17H17ClO2/c1-2-12(11-17(19)20)13-7-9-14(10-8-13)15-5-3-4-6-16(15)18/h3-10,12H,2,11H2,1H3,(H,19,20). The molecular weight excluding hydrogens is 272 g/mol. The summed E-state index contributed by atoms with van der Waals surface area (Å²) in [6.07, 6.45) is 0.986. The van der Waals surface area contributed by atoms with Gasteiger partial charge >= 0.3 is 5.97 Å². The van der Waals surface area contributed by atoms with Crippen LogP contribution in [0.4, 0.5) is 0 Å². The van der Waals surface area contributed by atoms with Gasteiger partial charge in [-0.05, 0) is 29.5 Å². The summed E-state index contributed by atoms with van der Waals surface area (Å²) in [5.74, 6) is -0.695. The molecule has 0 saturated heterocycles. The number of hydrogen-bond acceptors (Lipinski definition) is 1. The molecule has 0 bridgehead atoms. The zero-order valence-electron chi connectivity index (χ0n) is 11.3. The Morgan fingerprint density at radius 3 is 2.35 bits per heavy atom. The minimum absolute atomic E-state index is 0.0628. The molecule has 0 radical (unpaired) electrons. The molecule has 0 aromatic heterocycles. The highest BCUT2D eigenvalue weighted by atomic mass is 35.5. The fourth-order valence-electron chi connectivity index (χ4n) is 2.34. The molecule has 1 unspecified atom stereocenters. The Balaban J connectivity index is 2.26. The van der Waals surface area contributed by atoms with Gasteiger partial charge in [0.05, 0.1) is 6.42 Å². The van der Waals surface area contributed by atoms with Crippen molar-refractivity contribution < 1.29 is 9.90 Å². The molecule has 1 N–H and O–H groups in total. The predicted molar refractivity (Wildman–Crippen MR) is 82.2 cm³/mol. The van der Waals surface area contributed by atoms with Crippen LogP contribution in [0.5, 0.6) is 0 Å². The normalized spacial score (nSPS) is 12.1. The summed E-state index contributed by atoms with van der Waals surface area (Å²) in [5.41, 5.74) is 3.10. The van der Waals surface area contributed by atoms with Gasteiger partial charge in [-0.3, -0.25) is 4.79 Å². The molecule has 0 aliphatic rings. The predicted octanol–water partition coefficient (Wildman–Crippen LogP) is 4.98. The van der Waals surface area contributed by atoms with Crippen LogP contribution in [-0.4, -0.2) is 11.1 Å². The van der Waals surface area contributed by atoms with Crippen molar-refractivity contribution in [2.75, 3.05) is 0 Å². The third kappa shape index (κ3) is 3.40. The number of benzene rings is 2. The highest BCUT2D eigenvalue weighted by molar-refractivity contribution is 6.33. The summed E-state index contributed by atoms with van der Waals surface area (Å²) in [4.78, 5) is 10.9. The molecule has 2 rings (SSSR count). The van der Waals surface area contributed by atoms with Gasteiger partial charge in [0.15, 0.2) is 0 Å². The zero-order valence-corrected chi connectivity index (χ0v) is 12.1. The number of hydrogen-bond donors (Lipinski definition) is 1. The van der Waals surface area contributed by atoms with Gasteiger partial charge in [0.2, 0.25) is 0 Å². The van der Waals surface area contributed by atoms with Crippen LogP contribution in [0.2, 0.25) is 5.02 Å². The first-order chi connectivity index (χ1) is 9.61. The lowest BCUT2D eigenvalue weighted by molar-refractivity contribution is -0.137. The van der Waals surface area contributed by atoms with Crippen LogP contribution in [0.25, 0.3) is 11.1 Å². The molecule has 3 heteroatoms. The van der Waals surface area contributed by atoms with E-state index in [1.165, 1.54) is 0 Å². The Kier molecular flexibility index (Phi) is 4.80. The van der Waals surface area contributed by atoms with Crippen molar-refractivity contribution in [1.29, 1.82) is 0 Å².